The first-order chi connectivity index (χ1) is 13.8. The number of benzene rings is 2. The lowest BCUT2D eigenvalue weighted by Gasteiger charge is -2.23. The lowest BCUT2D eigenvalue weighted by molar-refractivity contribution is -0.902. The molecule has 1 fully saturated rings. The Morgan fingerprint density at radius 3 is 2.57 bits per heavy atom. The van der Waals surface area contributed by atoms with E-state index in [1.165, 1.54) is 32.4 Å². The Hall–Kier alpha value is -2.31. The van der Waals surface area contributed by atoms with Crippen LogP contribution in [0.2, 0.25) is 0 Å². The van der Waals surface area contributed by atoms with Crippen molar-refractivity contribution in [2.45, 2.75) is 24.4 Å². The average molecular weight is 397 g/mol. The van der Waals surface area contributed by atoms with E-state index in [2.05, 4.69) is 0 Å². The molecule has 5 nitrogen and oxygen atoms in total. The van der Waals surface area contributed by atoms with Crippen molar-refractivity contribution in [3.05, 3.63) is 58.9 Å². The van der Waals surface area contributed by atoms with Crippen molar-refractivity contribution in [3.8, 4) is 11.4 Å². The molecule has 1 aromatic heterocycles. The van der Waals surface area contributed by atoms with Crippen LogP contribution in [0.25, 0.3) is 16.6 Å². The van der Waals surface area contributed by atoms with Gasteiger partial charge in [0.1, 0.15) is 5.75 Å². The van der Waals surface area contributed by atoms with Crippen LogP contribution < -0.4 is 15.2 Å². The van der Waals surface area contributed by atoms with E-state index in [9.17, 15) is 4.79 Å². The molecule has 1 N–H and O–H groups in total. The number of hydrogen-bond donors (Lipinski definition) is 1. The Balaban J connectivity index is 1.67. The summed E-state index contributed by atoms with van der Waals surface area (Å²) < 4.78 is 6.99. The van der Waals surface area contributed by atoms with E-state index in [1.807, 2.05) is 48.5 Å². The average Bonchev–Trinajstić information content (AvgIpc) is 2.75. The van der Waals surface area contributed by atoms with Crippen molar-refractivity contribution in [2.75, 3.05) is 32.5 Å². The third-order valence-corrected chi connectivity index (χ3v) is 6.26. The molecule has 0 unspecified atom stereocenters. The highest BCUT2D eigenvalue weighted by Crippen LogP contribution is 2.22. The van der Waals surface area contributed by atoms with Crippen LogP contribution in [0.15, 0.2) is 58.5 Å². The summed E-state index contributed by atoms with van der Waals surface area (Å²) in [6.45, 7) is 3.63. The number of fused-ring (bicyclic) bond motifs is 1. The van der Waals surface area contributed by atoms with Crippen molar-refractivity contribution >= 4 is 22.7 Å². The smallest absolute Gasteiger partial charge is 0.266 e. The van der Waals surface area contributed by atoms with E-state index in [-0.39, 0.29) is 5.56 Å². The van der Waals surface area contributed by atoms with E-state index in [0.717, 1.165) is 34.4 Å². The summed E-state index contributed by atoms with van der Waals surface area (Å²) in [5.74, 6) is 1.73. The molecule has 0 bridgehead atoms. The first-order valence-electron chi connectivity index (χ1n) is 9.89. The fourth-order valence-electron chi connectivity index (χ4n) is 3.76. The number of hydrogen-bond acceptors (Lipinski definition) is 4. The Morgan fingerprint density at radius 1 is 1.07 bits per heavy atom. The fraction of sp³-hybridized carbons (Fsp3) is 0.364. The molecule has 0 aliphatic carbocycles. The lowest BCUT2D eigenvalue weighted by atomic mass is 10.1. The Kier molecular flexibility index (Phi) is 5.98. The van der Waals surface area contributed by atoms with E-state index in [0.29, 0.717) is 5.39 Å². The molecule has 2 heterocycles. The quantitative estimate of drug-likeness (QED) is 0.514. The molecular formula is C22H26N3O2S+. The molecule has 1 aliphatic rings. The number of aromatic nitrogens is 2. The molecule has 4 rings (SSSR count). The zero-order valence-electron chi connectivity index (χ0n) is 16.2. The van der Waals surface area contributed by atoms with Crippen LogP contribution in [0.5, 0.6) is 5.75 Å². The second kappa shape index (κ2) is 8.80. The molecule has 1 aliphatic heterocycles. The van der Waals surface area contributed by atoms with Crippen molar-refractivity contribution in [1.29, 1.82) is 0 Å². The Labute approximate surface area is 169 Å². The maximum absolute atomic E-state index is 13.2. The first-order valence-corrected chi connectivity index (χ1v) is 10.9. The molecule has 28 heavy (non-hydrogen) atoms. The Bertz CT molecular complexity index is 995. The number of nitrogens with zero attached hydrogens (tertiary/aromatic N) is 2. The molecule has 3 aromatic rings. The summed E-state index contributed by atoms with van der Waals surface area (Å²) in [7, 11) is 1.64. The molecule has 0 radical (unpaired) electrons. The zero-order valence-corrected chi connectivity index (χ0v) is 17.0. The molecule has 0 amide bonds. The standard InChI is InChI=1S/C22H25N3O2S/c1-27-18-11-9-17(10-12-18)25-21(26)19-7-3-4-8-20(19)23-22(25)28-16-15-24-13-5-2-6-14-24/h3-4,7-12H,2,5-6,13-16H2,1H3/p+1. The summed E-state index contributed by atoms with van der Waals surface area (Å²) in [4.78, 5) is 19.7. The zero-order chi connectivity index (χ0) is 19.3. The van der Waals surface area contributed by atoms with Gasteiger partial charge < -0.3 is 9.64 Å². The third kappa shape index (κ3) is 4.08. The number of para-hydroxylation sites is 1. The van der Waals surface area contributed by atoms with Gasteiger partial charge in [0, 0.05) is 0 Å². The van der Waals surface area contributed by atoms with Gasteiger partial charge in [-0.2, -0.15) is 0 Å². The molecular weight excluding hydrogens is 370 g/mol. The topological polar surface area (TPSA) is 48.6 Å². The van der Waals surface area contributed by atoms with Gasteiger partial charge in [-0.05, 0) is 55.7 Å². The highest BCUT2D eigenvalue weighted by molar-refractivity contribution is 7.99. The van der Waals surface area contributed by atoms with Crippen LogP contribution in [0.3, 0.4) is 0 Å². The number of ether oxygens (including phenoxy) is 1. The lowest BCUT2D eigenvalue weighted by Crippen LogP contribution is -3.13. The number of likely N-dealkylation sites (tertiary alicyclic amines) is 1. The molecule has 1 saturated heterocycles. The number of methoxy groups -OCH3 is 1. The van der Waals surface area contributed by atoms with Crippen LogP contribution in [0.4, 0.5) is 0 Å². The van der Waals surface area contributed by atoms with Crippen molar-refractivity contribution < 1.29 is 9.64 Å². The van der Waals surface area contributed by atoms with E-state index in [4.69, 9.17) is 9.72 Å². The van der Waals surface area contributed by atoms with Gasteiger partial charge in [0.15, 0.2) is 5.16 Å². The van der Waals surface area contributed by atoms with Crippen LogP contribution in [-0.4, -0.2) is 42.0 Å². The molecule has 0 saturated carbocycles. The summed E-state index contributed by atoms with van der Waals surface area (Å²) in [5, 5.41) is 1.40. The monoisotopic (exact) mass is 396 g/mol. The number of rotatable bonds is 6. The minimum Gasteiger partial charge on any atom is -0.497 e. The normalized spacial score (nSPS) is 15.0. The maximum Gasteiger partial charge on any atom is 0.266 e. The van der Waals surface area contributed by atoms with Crippen LogP contribution >= 0.6 is 11.8 Å². The summed E-state index contributed by atoms with van der Waals surface area (Å²) in [6.07, 6.45) is 4.01. The molecule has 146 valence electrons. The van der Waals surface area contributed by atoms with Crippen molar-refractivity contribution in [1.82, 2.24) is 9.55 Å². The highest BCUT2D eigenvalue weighted by Gasteiger charge is 2.16. The largest absolute Gasteiger partial charge is 0.497 e. The summed E-state index contributed by atoms with van der Waals surface area (Å²) in [6, 6.07) is 15.2. The second-order valence-corrected chi connectivity index (χ2v) is 8.22. The highest BCUT2D eigenvalue weighted by atomic mass is 32.2. The van der Waals surface area contributed by atoms with E-state index < -0.39 is 0 Å². The number of piperidine rings is 1. The second-order valence-electron chi connectivity index (χ2n) is 7.16. The molecule has 0 atom stereocenters. The minimum atomic E-state index is -0.0245. The van der Waals surface area contributed by atoms with Crippen LogP contribution in [0.1, 0.15) is 19.3 Å². The third-order valence-electron chi connectivity index (χ3n) is 5.32. The van der Waals surface area contributed by atoms with Gasteiger partial charge in [-0.15, -0.1) is 0 Å². The van der Waals surface area contributed by atoms with Gasteiger partial charge in [-0.3, -0.25) is 9.36 Å². The van der Waals surface area contributed by atoms with Crippen molar-refractivity contribution in [2.24, 2.45) is 0 Å². The maximum atomic E-state index is 13.2. The van der Waals surface area contributed by atoms with Crippen LogP contribution in [-0.2, 0) is 0 Å². The Morgan fingerprint density at radius 2 is 1.82 bits per heavy atom. The SMILES string of the molecule is COc1ccc(-n2c(SCC[NH+]3CCCCC3)nc3ccccc3c2=O)cc1. The van der Waals surface area contributed by atoms with E-state index in [1.54, 1.807) is 28.3 Å². The number of quaternary nitrogens is 1. The number of nitrogens with one attached hydrogen (secondary N) is 1. The molecule has 6 heteroatoms. The van der Waals surface area contributed by atoms with Gasteiger partial charge in [-0.25, -0.2) is 4.98 Å². The van der Waals surface area contributed by atoms with Gasteiger partial charge in [0.2, 0.25) is 0 Å². The van der Waals surface area contributed by atoms with E-state index >= 15 is 0 Å². The predicted molar refractivity (Wildman–Crippen MR) is 114 cm³/mol. The van der Waals surface area contributed by atoms with Gasteiger partial charge in [0.25, 0.3) is 5.56 Å². The van der Waals surface area contributed by atoms with Gasteiger partial charge >= 0.3 is 0 Å². The minimum absolute atomic E-state index is 0.0245. The summed E-state index contributed by atoms with van der Waals surface area (Å²) >= 11 is 1.67. The predicted octanol–water partition coefficient (Wildman–Crippen LogP) is 2.56. The van der Waals surface area contributed by atoms with Crippen LogP contribution in [0, 0.1) is 0 Å². The fourth-order valence-corrected chi connectivity index (χ4v) is 4.81. The molecule has 2 aromatic carbocycles. The van der Waals surface area contributed by atoms with Gasteiger partial charge in [0.05, 0.1) is 49.1 Å². The van der Waals surface area contributed by atoms with Crippen molar-refractivity contribution in [3.63, 3.8) is 0 Å². The van der Waals surface area contributed by atoms with Gasteiger partial charge in [-0.1, -0.05) is 23.9 Å². The first kappa shape index (κ1) is 19.0. The molecule has 0 spiro atoms. The summed E-state index contributed by atoms with van der Waals surface area (Å²) in [5.41, 5.74) is 1.55. The number of thioether (sulfide) groups is 1.